The molecular weight excluding hydrogens is 482 g/mol. The third-order valence-corrected chi connectivity index (χ3v) is 8.43. The van der Waals surface area contributed by atoms with Crippen LogP contribution < -0.4 is 5.32 Å². The highest BCUT2D eigenvalue weighted by Gasteiger charge is 2.31. The van der Waals surface area contributed by atoms with Gasteiger partial charge in [0.05, 0.1) is 0 Å². The van der Waals surface area contributed by atoms with Gasteiger partial charge in [-0.15, -0.1) is 10.2 Å². The number of carbonyl (C=O) groups is 1. The fourth-order valence-corrected chi connectivity index (χ4v) is 5.88. The molecule has 0 atom stereocenters. The van der Waals surface area contributed by atoms with Crippen LogP contribution in [0.3, 0.4) is 0 Å². The average molecular weight is 504 g/mol. The fourth-order valence-electron chi connectivity index (χ4n) is 3.30. The lowest BCUT2D eigenvalue weighted by Gasteiger charge is -2.32. The van der Waals surface area contributed by atoms with E-state index in [2.05, 4.69) is 32.6 Å². The summed E-state index contributed by atoms with van der Waals surface area (Å²) in [6, 6.07) is 16.4. The predicted octanol–water partition coefficient (Wildman–Crippen LogP) is 3.46. The number of carbonyl (C=O) groups excluding carboxylic acids is 1. The van der Waals surface area contributed by atoms with Crippen molar-refractivity contribution in [1.82, 2.24) is 19.4 Å². The first-order valence-corrected chi connectivity index (χ1v) is 12.9. The third-order valence-electron chi connectivity index (χ3n) is 5.10. The summed E-state index contributed by atoms with van der Waals surface area (Å²) in [6.07, 6.45) is 4.14. The summed E-state index contributed by atoms with van der Waals surface area (Å²) >= 11 is 6.67. The lowest BCUT2D eigenvalue weighted by Crippen LogP contribution is -2.48. The minimum absolute atomic E-state index is 0.123. The summed E-state index contributed by atoms with van der Waals surface area (Å²) in [5.74, 6) is -0.413. The first kappa shape index (κ1) is 23.5. The SMILES string of the molecule is O=C(Nc1nnc(S(=O)(=O)N2CCN(C/C=C/c3ccccc3)CC2)s1)c1ccc(Cl)cc1. The van der Waals surface area contributed by atoms with Crippen molar-refractivity contribution in [3.8, 4) is 0 Å². The molecule has 1 fully saturated rings. The molecule has 8 nitrogen and oxygen atoms in total. The Morgan fingerprint density at radius 3 is 2.42 bits per heavy atom. The molecular formula is C22H22ClN5O3S2. The Bertz CT molecular complexity index is 1220. The van der Waals surface area contributed by atoms with Crippen molar-refractivity contribution in [2.75, 3.05) is 38.0 Å². The monoisotopic (exact) mass is 503 g/mol. The van der Waals surface area contributed by atoms with Crippen LogP contribution in [0.4, 0.5) is 5.13 Å². The van der Waals surface area contributed by atoms with E-state index in [0.29, 0.717) is 36.8 Å². The van der Waals surface area contributed by atoms with Gasteiger partial charge in [0.25, 0.3) is 15.9 Å². The first-order chi connectivity index (χ1) is 15.9. The summed E-state index contributed by atoms with van der Waals surface area (Å²) < 4.78 is 27.2. The second-order valence-corrected chi connectivity index (χ2v) is 10.9. The van der Waals surface area contributed by atoms with E-state index in [0.717, 1.165) is 23.4 Å². The molecule has 1 aliphatic heterocycles. The van der Waals surface area contributed by atoms with Gasteiger partial charge in [-0.25, -0.2) is 8.42 Å². The number of hydrogen-bond donors (Lipinski definition) is 1. The zero-order valence-electron chi connectivity index (χ0n) is 17.6. The molecule has 172 valence electrons. The van der Waals surface area contributed by atoms with Crippen LogP contribution in [0.15, 0.2) is 65.0 Å². The van der Waals surface area contributed by atoms with Crippen molar-refractivity contribution < 1.29 is 13.2 Å². The van der Waals surface area contributed by atoms with Gasteiger partial charge in [0, 0.05) is 43.3 Å². The van der Waals surface area contributed by atoms with Crippen LogP contribution in [0, 0.1) is 0 Å². The summed E-state index contributed by atoms with van der Waals surface area (Å²) in [4.78, 5) is 14.5. The molecule has 0 bridgehead atoms. The number of sulfonamides is 1. The number of amides is 1. The largest absolute Gasteiger partial charge is 0.297 e. The van der Waals surface area contributed by atoms with E-state index >= 15 is 0 Å². The van der Waals surface area contributed by atoms with Crippen molar-refractivity contribution in [3.63, 3.8) is 0 Å². The molecule has 1 saturated heterocycles. The lowest BCUT2D eigenvalue weighted by atomic mass is 10.2. The van der Waals surface area contributed by atoms with Gasteiger partial charge in [0.2, 0.25) is 9.47 Å². The molecule has 4 rings (SSSR count). The number of anilines is 1. The van der Waals surface area contributed by atoms with Gasteiger partial charge in [-0.05, 0) is 29.8 Å². The molecule has 0 radical (unpaired) electrons. The van der Waals surface area contributed by atoms with Crippen molar-refractivity contribution in [2.45, 2.75) is 4.34 Å². The maximum Gasteiger partial charge on any atom is 0.272 e. The highest BCUT2D eigenvalue weighted by Crippen LogP contribution is 2.24. The zero-order valence-corrected chi connectivity index (χ0v) is 20.0. The molecule has 0 unspecified atom stereocenters. The Morgan fingerprint density at radius 1 is 1.03 bits per heavy atom. The first-order valence-electron chi connectivity index (χ1n) is 10.3. The molecule has 2 aromatic carbocycles. The van der Waals surface area contributed by atoms with Crippen LogP contribution in [0.25, 0.3) is 6.08 Å². The van der Waals surface area contributed by atoms with Crippen molar-refractivity contribution in [1.29, 1.82) is 0 Å². The van der Waals surface area contributed by atoms with E-state index in [9.17, 15) is 13.2 Å². The van der Waals surface area contributed by atoms with E-state index in [1.165, 1.54) is 4.31 Å². The van der Waals surface area contributed by atoms with Gasteiger partial charge in [-0.3, -0.25) is 15.0 Å². The maximum absolute atomic E-state index is 13.0. The van der Waals surface area contributed by atoms with Crippen LogP contribution in [0.5, 0.6) is 0 Å². The summed E-state index contributed by atoms with van der Waals surface area (Å²) in [5, 5.41) is 10.9. The van der Waals surface area contributed by atoms with Gasteiger partial charge < -0.3 is 0 Å². The van der Waals surface area contributed by atoms with E-state index in [1.54, 1.807) is 24.3 Å². The molecule has 0 aliphatic carbocycles. The molecule has 1 aliphatic rings. The van der Waals surface area contributed by atoms with Gasteiger partial charge in [0.1, 0.15) is 0 Å². The standard InChI is InChI=1S/C22H22ClN5O3S2/c23-19-10-8-18(9-11-19)20(29)24-21-25-26-22(32-21)33(30,31)28-15-13-27(14-16-28)12-4-7-17-5-2-1-3-6-17/h1-11H,12-16H2,(H,24,25,29)/b7-4+. The summed E-state index contributed by atoms with van der Waals surface area (Å²) in [6.45, 7) is 2.73. The highest BCUT2D eigenvalue weighted by molar-refractivity contribution is 7.91. The molecule has 0 spiro atoms. The Labute approximate surface area is 201 Å². The van der Waals surface area contributed by atoms with E-state index < -0.39 is 15.9 Å². The number of halogens is 1. The lowest BCUT2D eigenvalue weighted by molar-refractivity contribution is 0.102. The van der Waals surface area contributed by atoms with Gasteiger partial charge >= 0.3 is 0 Å². The van der Waals surface area contributed by atoms with E-state index in [-0.39, 0.29) is 9.47 Å². The highest BCUT2D eigenvalue weighted by atomic mass is 35.5. The van der Waals surface area contributed by atoms with Crippen molar-refractivity contribution in [2.24, 2.45) is 0 Å². The smallest absolute Gasteiger partial charge is 0.272 e. The second-order valence-electron chi connectivity index (χ2n) is 7.35. The van der Waals surface area contributed by atoms with Gasteiger partial charge in [-0.2, -0.15) is 4.31 Å². The minimum atomic E-state index is -3.77. The number of piperazine rings is 1. The van der Waals surface area contributed by atoms with Crippen LogP contribution in [-0.4, -0.2) is 66.5 Å². The number of rotatable bonds is 7. The number of hydrogen-bond acceptors (Lipinski definition) is 7. The quantitative estimate of drug-likeness (QED) is 0.496. The molecule has 0 saturated carbocycles. The van der Waals surface area contributed by atoms with Crippen LogP contribution in [-0.2, 0) is 10.0 Å². The Morgan fingerprint density at radius 2 is 1.73 bits per heavy atom. The maximum atomic E-state index is 13.0. The molecule has 1 amide bonds. The topological polar surface area (TPSA) is 95.5 Å². The van der Waals surface area contributed by atoms with Crippen LogP contribution in [0.2, 0.25) is 5.02 Å². The Hall–Kier alpha value is -2.63. The average Bonchev–Trinajstić information content (AvgIpc) is 3.30. The van der Waals surface area contributed by atoms with Gasteiger partial charge in [0.15, 0.2) is 0 Å². The second kappa shape index (κ2) is 10.5. The summed E-state index contributed by atoms with van der Waals surface area (Å²) in [7, 11) is -3.77. The number of aromatic nitrogens is 2. The van der Waals surface area contributed by atoms with Crippen molar-refractivity contribution >= 4 is 50.1 Å². The Balaban J connectivity index is 1.32. The van der Waals surface area contributed by atoms with Gasteiger partial charge in [-0.1, -0.05) is 65.4 Å². The molecule has 1 aromatic heterocycles. The molecule has 3 aromatic rings. The number of benzene rings is 2. The Kier molecular flexibility index (Phi) is 7.51. The zero-order chi connectivity index (χ0) is 23.3. The third kappa shape index (κ3) is 6.04. The normalized spacial score (nSPS) is 15.7. The number of nitrogens with one attached hydrogen (secondary N) is 1. The molecule has 1 N–H and O–H groups in total. The molecule has 2 heterocycles. The van der Waals surface area contributed by atoms with E-state index in [1.807, 2.05) is 30.3 Å². The fraction of sp³-hybridized carbons (Fsp3) is 0.227. The minimum Gasteiger partial charge on any atom is -0.297 e. The van der Waals surface area contributed by atoms with Crippen LogP contribution >= 0.6 is 22.9 Å². The predicted molar refractivity (Wildman–Crippen MR) is 130 cm³/mol. The molecule has 11 heteroatoms. The molecule has 33 heavy (non-hydrogen) atoms. The van der Waals surface area contributed by atoms with E-state index in [4.69, 9.17) is 11.6 Å². The van der Waals surface area contributed by atoms with Crippen molar-refractivity contribution in [3.05, 3.63) is 76.8 Å². The number of nitrogens with zero attached hydrogens (tertiary/aromatic N) is 4. The summed E-state index contributed by atoms with van der Waals surface area (Å²) in [5.41, 5.74) is 1.52. The van der Waals surface area contributed by atoms with Crippen LogP contribution in [0.1, 0.15) is 15.9 Å².